The van der Waals surface area contributed by atoms with Crippen molar-refractivity contribution in [1.82, 2.24) is 0 Å². The largest absolute Gasteiger partial charge is 4.00 e. The van der Waals surface area contributed by atoms with E-state index < -0.39 is 0 Å². The van der Waals surface area contributed by atoms with Gasteiger partial charge in [-0.2, -0.15) is 14.1 Å². The second-order valence-electron chi connectivity index (χ2n) is 19.8. The van der Waals surface area contributed by atoms with Crippen molar-refractivity contribution in [3.63, 3.8) is 0 Å². The van der Waals surface area contributed by atoms with E-state index in [1.54, 1.807) is 83.1 Å². The van der Waals surface area contributed by atoms with Crippen molar-refractivity contribution in [3.8, 4) is 0 Å². The van der Waals surface area contributed by atoms with Crippen LogP contribution in [-0.4, -0.2) is 45.7 Å². The molecule has 0 spiro atoms. The summed E-state index contributed by atoms with van der Waals surface area (Å²) in [4.78, 5) is 0. The molecule has 6 heteroatoms. The predicted octanol–water partition coefficient (Wildman–Crippen LogP) is 15.6. The molecule has 0 aromatic carbocycles. The summed E-state index contributed by atoms with van der Waals surface area (Å²) in [5, 5.41) is 8.04. The molecular formula is C52H111N2Si2Ti2. The topological polar surface area (TPSA) is 28.2 Å². The Morgan fingerprint density at radius 1 is 0.552 bits per heavy atom. The number of hydrogen-bond donors (Lipinski definition) is 0. The standard InChI is InChI=1S/2C13H24Si.2C5H12N.C5H8.2C3H8.5CH3.2Ti/c2*1-8-5-11-6-9-3-2-4-10(9)7-12(11)13(8)14;2*1-5(2,3)6-4;1-3-5-4-2;2*1-3-2;;;;;;;/h2*8-13H,2-7H2,1,14H3;2*1-4H3;3-5H,1H2,2H3;2*3H2,1-2H3;5*1H3;;/q;;2*-1;;;;5*-1;+3;+4/b;;;;5-4+;;;;;;;;;. The van der Waals surface area contributed by atoms with E-state index >= 15 is 0 Å². The summed E-state index contributed by atoms with van der Waals surface area (Å²) >= 11 is 0. The molecule has 0 heterocycles. The van der Waals surface area contributed by atoms with Crippen LogP contribution in [0.5, 0.6) is 0 Å². The Morgan fingerprint density at radius 3 is 0.983 bits per heavy atom. The second-order valence-corrected chi connectivity index (χ2v) is 22.5. The Bertz CT molecular complexity index is 837. The second kappa shape index (κ2) is 41.0. The molecule has 12 unspecified atom stereocenters. The maximum absolute atomic E-state index is 4.02. The van der Waals surface area contributed by atoms with Gasteiger partial charge in [-0.1, -0.05) is 159 Å². The normalized spacial score (nSPS) is 31.5. The summed E-state index contributed by atoms with van der Waals surface area (Å²) in [6.45, 7) is 31.4. The molecule has 0 N–H and O–H groups in total. The number of nitrogens with zero attached hydrogens (tertiary/aromatic N) is 2. The summed E-state index contributed by atoms with van der Waals surface area (Å²) in [5.41, 5.74) is 2.67. The molecule has 0 saturated heterocycles. The molecule has 6 rings (SSSR count). The molecule has 0 aromatic rings. The minimum absolute atomic E-state index is 0. The van der Waals surface area contributed by atoms with E-state index in [0.717, 1.165) is 47.3 Å². The van der Waals surface area contributed by atoms with Gasteiger partial charge in [0, 0.05) is 20.5 Å². The SMILES string of the molecule is C=C/C=C/C.CC1CC2CC3CCCC3CC2C1[SiH3].CC1CC2CC3CCCC3CC2C1[SiH3].CCC.CCC.C[N-]C(C)(C)C.C[N-]C(C)(C)C.[CH3-].[CH3-].[CH3-].[CH3-].[CH3-].[Ti+3].[Ti+4]. The first-order valence-electron chi connectivity index (χ1n) is 22.3. The van der Waals surface area contributed by atoms with Gasteiger partial charge in [0.1, 0.15) is 0 Å². The molecule has 12 atom stereocenters. The molecule has 6 fully saturated rings. The summed E-state index contributed by atoms with van der Waals surface area (Å²) in [6, 6.07) is 0. The molecule has 345 valence electrons. The van der Waals surface area contributed by atoms with Crippen LogP contribution >= 0.6 is 0 Å². The van der Waals surface area contributed by atoms with E-state index in [-0.39, 0.29) is 91.6 Å². The average molecular weight is 916 g/mol. The zero-order valence-corrected chi connectivity index (χ0v) is 51.3. The fourth-order valence-corrected chi connectivity index (χ4v) is 12.1. The summed E-state index contributed by atoms with van der Waals surface area (Å²) in [7, 11) is 6.59. The van der Waals surface area contributed by atoms with Crippen LogP contribution in [0.15, 0.2) is 24.8 Å². The predicted molar refractivity (Wildman–Crippen MR) is 276 cm³/mol. The van der Waals surface area contributed by atoms with E-state index in [9.17, 15) is 0 Å². The molecule has 6 aliphatic rings. The third kappa shape index (κ3) is 30.4. The van der Waals surface area contributed by atoms with Gasteiger partial charge in [-0.15, -0.1) is 11.1 Å². The van der Waals surface area contributed by atoms with Crippen molar-refractivity contribution in [2.24, 2.45) is 59.2 Å². The van der Waals surface area contributed by atoms with E-state index in [4.69, 9.17) is 0 Å². The van der Waals surface area contributed by atoms with Crippen LogP contribution in [0.4, 0.5) is 0 Å². The summed E-state index contributed by atoms with van der Waals surface area (Å²) in [6.07, 6.45) is 27.2. The van der Waals surface area contributed by atoms with Crippen LogP contribution in [0, 0.1) is 96.3 Å². The number of allylic oxidation sites excluding steroid dienone is 3. The first-order valence-corrected chi connectivity index (χ1v) is 24.6. The third-order valence-electron chi connectivity index (χ3n) is 13.4. The molecule has 0 bridgehead atoms. The van der Waals surface area contributed by atoms with E-state index in [1.807, 2.05) is 33.2 Å². The van der Waals surface area contributed by atoms with Crippen molar-refractivity contribution in [3.05, 3.63) is 72.6 Å². The van der Waals surface area contributed by atoms with Crippen molar-refractivity contribution in [1.29, 1.82) is 0 Å². The van der Waals surface area contributed by atoms with Crippen LogP contribution in [0.1, 0.15) is 180 Å². The van der Waals surface area contributed by atoms with Gasteiger partial charge in [0.15, 0.2) is 0 Å². The van der Waals surface area contributed by atoms with E-state index in [1.165, 1.54) is 56.2 Å². The number of fused-ring (bicyclic) bond motifs is 4. The maximum Gasteiger partial charge on any atom is 4.00 e. The van der Waals surface area contributed by atoms with Gasteiger partial charge in [0.2, 0.25) is 0 Å². The molecule has 2 nitrogen and oxygen atoms in total. The molecule has 1 radical (unpaired) electrons. The Balaban J connectivity index is -0.0000000890. The average Bonchev–Trinajstić information content (AvgIpc) is 3.84. The van der Waals surface area contributed by atoms with Gasteiger partial charge in [-0.3, -0.25) is 0 Å². The monoisotopic (exact) mass is 916 g/mol. The van der Waals surface area contributed by atoms with Crippen molar-refractivity contribution < 1.29 is 43.4 Å². The summed E-state index contributed by atoms with van der Waals surface area (Å²) in [5.74, 6) is 11.5. The Morgan fingerprint density at radius 2 is 0.793 bits per heavy atom. The van der Waals surface area contributed by atoms with Crippen LogP contribution in [-0.2, 0) is 43.4 Å². The molecule has 0 aromatic heterocycles. The van der Waals surface area contributed by atoms with Gasteiger partial charge in [-0.05, 0) is 116 Å². The van der Waals surface area contributed by atoms with Crippen LogP contribution in [0.2, 0.25) is 11.1 Å². The molecule has 6 aliphatic carbocycles. The van der Waals surface area contributed by atoms with Gasteiger partial charge in [0.25, 0.3) is 0 Å². The number of rotatable bonds is 1. The zero-order chi connectivity index (χ0) is 39.4. The van der Waals surface area contributed by atoms with E-state index in [0.29, 0.717) is 0 Å². The smallest absolute Gasteiger partial charge is 0.660 e. The van der Waals surface area contributed by atoms with E-state index in [2.05, 4.69) is 100 Å². The maximum atomic E-state index is 4.02. The van der Waals surface area contributed by atoms with Gasteiger partial charge in [-0.25, -0.2) is 0 Å². The fraction of sp³-hybridized carbons (Fsp3) is 0.827. The minimum Gasteiger partial charge on any atom is -0.660 e. The van der Waals surface area contributed by atoms with Gasteiger partial charge < -0.3 is 47.8 Å². The van der Waals surface area contributed by atoms with Gasteiger partial charge >= 0.3 is 43.4 Å². The molecule has 0 aliphatic heterocycles. The van der Waals surface area contributed by atoms with Crippen LogP contribution < -0.4 is 0 Å². The van der Waals surface area contributed by atoms with Crippen LogP contribution in [0.3, 0.4) is 0 Å². The molecule has 0 amide bonds. The molecule has 58 heavy (non-hydrogen) atoms. The molecule has 6 saturated carbocycles. The van der Waals surface area contributed by atoms with Crippen molar-refractivity contribution in [2.75, 3.05) is 14.1 Å². The Kier molecular flexibility index (Phi) is 54.1. The fourth-order valence-electron chi connectivity index (χ4n) is 9.87. The zero-order valence-electron chi connectivity index (χ0n) is 44.2. The summed E-state index contributed by atoms with van der Waals surface area (Å²) < 4.78 is 0. The Hall–Kier alpha value is 1.26. The van der Waals surface area contributed by atoms with Crippen molar-refractivity contribution >= 4 is 20.5 Å². The Labute approximate surface area is 408 Å². The van der Waals surface area contributed by atoms with Crippen molar-refractivity contribution in [2.45, 2.75) is 202 Å². The number of hydrogen-bond acceptors (Lipinski definition) is 0. The third-order valence-corrected chi connectivity index (χ3v) is 17.4. The quantitative estimate of drug-likeness (QED) is 0.142. The molecular weight excluding hydrogens is 804 g/mol. The first kappa shape index (κ1) is 76.6. The first-order chi connectivity index (χ1) is 23.9. The van der Waals surface area contributed by atoms with Gasteiger partial charge in [0.05, 0.1) is 0 Å². The van der Waals surface area contributed by atoms with Crippen LogP contribution in [0.25, 0.3) is 10.6 Å². The minimum atomic E-state index is 0.